The van der Waals surface area contributed by atoms with Gasteiger partial charge in [0.2, 0.25) is 0 Å². The number of carbonyl (C=O) groups excluding carboxylic acids is 1. The minimum Gasteiger partial charge on any atom is -0.480 e. The van der Waals surface area contributed by atoms with Crippen molar-refractivity contribution in [2.75, 3.05) is 0 Å². The third-order valence-electron chi connectivity index (χ3n) is 2.49. The van der Waals surface area contributed by atoms with Crippen LogP contribution in [0.2, 0.25) is 5.02 Å². The van der Waals surface area contributed by atoms with Gasteiger partial charge < -0.3 is 10.4 Å². The first kappa shape index (κ1) is 15.5. The number of hydrogen-bond acceptors (Lipinski definition) is 4. The number of carbonyl (C=O) groups is 2. The third kappa shape index (κ3) is 4.27. The van der Waals surface area contributed by atoms with Crippen molar-refractivity contribution in [3.8, 4) is 0 Å². The van der Waals surface area contributed by atoms with Gasteiger partial charge in [-0.2, -0.15) is 0 Å². The molecule has 1 aromatic heterocycles. The van der Waals surface area contributed by atoms with Crippen molar-refractivity contribution in [2.45, 2.75) is 13.1 Å². The van der Waals surface area contributed by atoms with E-state index in [0.717, 1.165) is 4.47 Å². The average molecular weight is 374 g/mol. The molecule has 0 aliphatic heterocycles. The van der Waals surface area contributed by atoms with Crippen LogP contribution in [0.25, 0.3) is 0 Å². The number of aromatic nitrogens is 3. The van der Waals surface area contributed by atoms with Crippen molar-refractivity contribution >= 4 is 39.4 Å². The van der Waals surface area contributed by atoms with Crippen LogP contribution in [-0.4, -0.2) is 32.0 Å². The molecule has 0 radical (unpaired) electrons. The fourth-order valence-corrected chi connectivity index (χ4v) is 2.33. The molecule has 0 atom stereocenters. The van der Waals surface area contributed by atoms with Gasteiger partial charge in [-0.1, -0.05) is 32.7 Å². The lowest BCUT2D eigenvalue weighted by Gasteiger charge is -2.05. The number of aliphatic carboxylic acids is 1. The summed E-state index contributed by atoms with van der Waals surface area (Å²) in [7, 11) is 0. The molecule has 2 rings (SSSR count). The summed E-state index contributed by atoms with van der Waals surface area (Å²) in [5.74, 6) is -1.36. The molecule has 2 N–H and O–H groups in total. The molecule has 0 aliphatic carbocycles. The first-order valence-corrected chi connectivity index (χ1v) is 6.97. The maximum absolute atomic E-state index is 12.0. The van der Waals surface area contributed by atoms with Crippen LogP contribution in [0.3, 0.4) is 0 Å². The minimum absolute atomic E-state index is 0.130. The normalized spacial score (nSPS) is 10.4. The van der Waals surface area contributed by atoms with E-state index in [0.29, 0.717) is 16.3 Å². The lowest BCUT2D eigenvalue weighted by molar-refractivity contribution is -0.137. The van der Waals surface area contributed by atoms with Crippen LogP contribution in [-0.2, 0) is 17.9 Å². The van der Waals surface area contributed by atoms with Crippen molar-refractivity contribution in [3.05, 3.63) is 45.1 Å². The smallest absolute Gasteiger partial charge is 0.325 e. The SMILES string of the molecule is O=C(O)Cn1cc(CNC(=O)c2ccc(Br)cc2Cl)nn1. The molecule has 0 fully saturated rings. The molecule has 0 saturated heterocycles. The lowest BCUT2D eigenvalue weighted by Crippen LogP contribution is -2.23. The van der Waals surface area contributed by atoms with Gasteiger partial charge in [0.05, 0.1) is 23.3 Å². The highest BCUT2D eigenvalue weighted by molar-refractivity contribution is 9.10. The zero-order valence-corrected chi connectivity index (χ0v) is 12.9. The molecule has 21 heavy (non-hydrogen) atoms. The standard InChI is InChI=1S/C12H10BrClN4O3/c13-7-1-2-9(10(14)3-7)12(21)15-4-8-5-18(17-16-8)6-11(19)20/h1-3,5H,4,6H2,(H,15,21)(H,19,20). The van der Waals surface area contributed by atoms with Gasteiger partial charge in [0.15, 0.2) is 0 Å². The highest BCUT2D eigenvalue weighted by atomic mass is 79.9. The molecule has 1 amide bonds. The average Bonchev–Trinajstić information content (AvgIpc) is 2.82. The van der Waals surface area contributed by atoms with Crippen LogP contribution in [0.1, 0.15) is 16.1 Å². The number of amides is 1. The van der Waals surface area contributed by atoms with Crippen LogP contribution < -0.4 is 5.32 Å². The van der Waals surface area contributed by atoms with E-state index < -0.39 is 5.97 Å². The van der Waals surface area contributed by atoms with Gasteiger partial charge in [-0.3, -0.25) is 9.59 Å². The molecule has 110 valence electrons. The molecule has 9 heteroatoms. The van der Waals surface area contributed by atoms with Gasteiger partial charge in [-0.25, -0.2) is 4.68 Å². The van der Waals surface area contributed by atoms with Gasteiger partial charge in [-0.15, -0.1) is 5.10 Å². The summed E-state index contributed by atoms with van der Waals surface area (Å²) >= 11 is 9.24. The van der Waals surface area contributed by atoms with Gasteiger partial charge in [-0.05, 0) is 18.2 Å². The third-order valence-corrected chi connectivity index (χ3v) is 3.30. The zero-order chi connectivity index (χ0) is 15.4. The summed E-state index contributed by atoms with van der Waals surface area (Å²) < 4.78 is 1.96. The molecule has 0 aliphatic rings. The summed E-state index contributed by atoms with van der Waals surface area (Å²) in [5.41, 5.74) is 0.802. The second-order valence-corrected chi connectivity index (χ2v) is 5.43. The van der Waals surface area contributed by atoms with Crippen LogP contribution in [0, 0.1) is 0 Å². The topological polar surface area (TPSA) is 97.1 Å². The Morgan fingerprint density at radius 3 is 2.86 bits per heavy atom. The molecule has 0 saturated carbocycles. The zero-order valence-electron chi connectivity index (χ0n) is 10.6. The molecule has 2 aromatic rings. The first-order chi connectivity index (χ1) is 9.95. The van der Waals surface area contributed by atoms with Crippen LogP contribution in [0.4, 0.5) is 0 Å². The fourth-order valence-electron chi connectivity index (χ4n) is 1.58. The molecule has 1 heterocycles. The van der Waals surface area contributed by atoms with Crippen LogP contribution >= 0.6 is 27.5 Å². The number of rotatable bonds is 5. The van der Waals surface area contributed by atoms with E-state index in [1.54, 1.807) is 18.2 Å². The van der Waals surface area contributed by atoms with Crippen molar-refractivity contribution in [1.29, 1.82) is 0 Å². The number of carboxylic acids is 1. The Balaban J connectivity index is 1.97. The number of carboxylic acid groups (broad SMARTS) is 1. The highest BCUT2D eigenvalue weighted by Crippen LogP contribution is 2.21. The van der Waals surface area contributed by atoms with Crippen molar-refractivity contribution < 1.29 is 14.7 Å². The van der Waals surface area contributed by atoms with Crippen molar-refractivity contribution in [1.82, 2.24) is 20.3 Å². The maximum Gasteiger partial charge on any atom is 0.325 e. The van der Waals surface area contributed by atoms with Crippen LogP contribution in [0.5, 0.6) is 0 Å². The Hall–Kier alpha value is -1.93. The Morgan fingerprint density at radius 2 is 2.19 bits per heavy atom. The lowest BCUT2D eigenvalue weighted by atomic mass is 10.2. The van der Waals surface area contributed by atoms with E-state index in [4.69, 9.17) is 16.7 Å². The number of hydrogen-bond donors (Lipinski definition) is 2. The largest absolute Gasteiger partial charge is 0.480 e. The van der Waals surface area contributed by atoms with Gasteiger partial charge >= 0.3 is 5.97 Å². The quantitative estimate of drug-likeness (QED) is 0.831. The predicted octanol–water partition coefficient (Wildman–Crippen LogP) is 1.71. The molecule has 0 unspecified atom stereocenters. The monoisotopic (exact) mass is 372 g/mol. The Kier molecular flexibility index (Phi) is 4.92. The molecule has 0 spiro atoms. The first-order valence-electron chi connectivity index (χ1n) is 5.80. The second-order valence-electron chi connectivity index (χ2n) is 4.11. The summed E-state index contributed by atoms with van der Waals surface area (Å²) in [6.07, 6.45) is 1.46. The minimum atomic E-state index is -1.02. The predicted molar refractivity (Wildman–Crippen MR) is 78.0 cm³/mol. The molecular formula is C12H10BrClN4O3. The summed E-state index contributed by atoms with van der Waals surface area (Å²) in [4.78, 5) is 22.5. The second kappa shape index (κ2) is 6.68. The highest BCUT2D eigenvalue weighted by Gasteiger charge is 2.11. The Morgan fingerprint density at radius 1 is 1.43 bits per heavy atom. The number of benzene rings is 1. The van der Waals surface area contributed by atoms with Crippen molar-refractivity contribution in [2.24, 2.45) is 0 Å². The van der Waals surface area contributed by atoms with Crippen LogP contribution in [0.15, 0.2) is 28.9 Å². The summed E-state index contributed by atoms with van der Waals surface area (Å²) in [5, 5.41) is 19.0. The number of nitrogens with one attached hydrogen (secondary N) is 1. The Labute approximate surface area is 133 Å². The molecule has 1 aromatic carbocycles. The maximum atomic E-state index is 12.0. The van der Waals surface area contributed by atoms with Gasteiger partial charge in [0.1, 0.15) is 12.2 Å². The van der Waals surface area contributed by atoms with Gasteiger partial charge in [0, 0.05) is 4.47 Å². The Bertz CT molecular complexity index is 689. The summed E-state index contributed by atoms with van der Waals surface area (Å²) in [6.45, 7) is -0.148. The van der Waals surface area contributed by atoms with E-state index in [9.17, 15) is 9.59 Å². The van der Waals surface area contributed by atoms with E-state index in [1.807, 2.05) is 0 Å². The fraction of sp³-hybridized carbons (Fsp3) is 0.167. The molecule has 0 bridgehead atoms. The van der Waals surface area contributed by atoms with Crippen molar-refractivity contribution in [3.63, 3.8) is 0 Å². The van der Waals surface area contributed by atoms with E-state index in [2.05, 4.69) is 31.6 Å². The van der Waals surface area contributed by atoms with E-state index >= 15 is 0 Å². The van der Waals surface area contributed by atoms with Gasteiger partial charge in [0.25, 0.3) is 5.91 Å². The summed E-state index contributed by atoms with van der Waals surface area (Å²) in [6, 6.07) is 4.94. The number of nitrogens with zero attached hydrogens (tertiary/aromatic N) is 3. The molecule has 7 nitrogen and oxygen atoms in total. The van der Waals surface area contributed by atoms with E-state index in [-0.39, 0.29) is 19.0 Å². The number of halogens is 2. The molecular weight excluding hydrogens is 364 g/mol. The van der Waals surface area contributed by atoms with E-state index in [1.165, 1.54) is 10.9 Å².